The largest absolute Gasteiger partial charge is 0.507 e. The number of nitrogens with zero attached hydrogens (tertiary/aromatic N) is 3. The van der Waals surface area contributed by atoms with Gasteiger partial charge in [-0.25, -0.2) is 4.98 Å². The third-order valence-electron chi connectivity index (χ3n) is 5.49. The molecule has 138 valence electrons. The average molecular weight is 361 g/mol. The number of aromatic hydroxyl groups is 1. The molecule has 2 aromatic carbocycles. The Morgan fingerprint density at radius 3 is 2.19 bits per heavy atom. The van der Waals surface area contributed by atoms with Crippen LogP contribution in [0.1, 0.15) is 27.7 Å². The Hall–Kier alpha value is -3.21. The number of para-hydroxylation sites is 2. The van der Waals surface area contributed by atoms with Crippen molar-refractivity contribution in [1.29, 1.82) is 0 Å². The predicted molar refractivity (Wildman–Crippen MR) is 108 cm³/mol. The van der Waals surface area contributed by atoms with Crippen molar-refractivity contribution < 1.29 is 9.52 Å². The highest BCUT2D eigenvalue weighted by Crippen LogP contribution is 2.38. The van der Waals surface area contributed by atoms with E-state index in [0.717, 1.165) is 22.6 Å². The molecule has 1 aliphatic rings. The van der Waals surface area contributed by atoms with Gasteiger partial charge in [0.25, 0.3) is 0 Å². The summed E-state index contributed by atoms with van der Waals surface area (Å²) in [5.41, 5.74) is 7.61. The zero-order chi connectivity index (χ0) is 19.3. The van der Waals surface area contributed by atoms with Crippen LogP contribution in [0.3, 0.4) is 0 Å². The quantitative estimate of drug-likeness (QED) is 0.657. The normalized spacial score (nSPS) is 15.3. The number of allylic oxidation sites excluding steroid dienone is 4. The summed E-state index contributed by atoms with van der Waals surface area (Å²) in [5, 5.41) is 10.7. The average Bonchev–Trinajstić information content (AvgIpc) is 3.09. The van der Waals surface area contributed by atoms with E-state index in [4.69, 9.17) is 4.42 Å². The zero-order valence-electron chi connectivity index (χ0n) is 16.2. The number of benzene rings is 2. The summed E-state index contributed by atoms with van der Waals surface area (Å²) in [5.74, 6) is 0.569. The van der Waals surface area contributed by atoms with Crippen LogP contribution in [0.4, 0.5) is 5.69 Å². The van der Waals surface area contributed by atoms with Crippen LogP contribution in [0, 0.1) is 0 Å². The Morgan fingerprint density at radius 2 is 1.56 bits per heavy atom. The van der Waals surface area contributed by atoms with Crippen LogP contribution in [-0.4, -0.2) is 22.0 Å². The van der Waals surface area contributed by atoms with Gasteiger partial charge in [-0.2, -0.15) is 0 Å². The van der Waals surface area contributed by atoms with Crippen LogP contribution in [0.2, 0.25) is 0 Å². The van der Waals surface area contributed by atoms with Crippen molar-refractivity contribution >= 4 is 16.8 Å². The molecule has 0 amide bonds. The number of hydrogen-bond acceptors (Lipinski definition) is 5. The third kappa shape index (κ3) is 2.67. The van der Waals surface area contributed by atoms with Crippen molar-refractivity contribution in [3.05, 3.63) is 65.3 Å². The van der Waals surface area contributed by atoms with Gasteiger partial charge in [0.15, 0.2) is 5.58 Å². The van der Waals surface area contributed by atoms with E-state index in [1.54, 1.807) is 6.07 Å². The lowest BCUT2D eigenvalue weighted by Crippen LogP contribution is -2.32. The van der Waals surface area contributed by atoms with E-state index in [1.807, 2.05) is 36.4 Å². The minimum Gasteiger partial charge on any atom is -0.507 e. The molecule has 0 spiro atoms. The molecule has 5 heteroatoms. The van der Waals surface area contributed by atoms with E-state index in [0.29, 0.717) is 17.0 Å². The number of anilines is 1. The second-order valence-electron chi connectivity index (χ2n) is 6.92. The highest BCUT2D eigenvalue weighted by molar-refractivity contribution is 5.78. The molecule has 27 heavy (non-hydrogen) atoms. The molecule has 1 N–H and O–H groups in total. The molecule has 0 bridgehead atoms. The monoisotopic (exact) mass is 361 g/mol. The van der Waals surface area contributed by atoms with Crippen LogP contribution in [0.25, 0.3) is 22.6 Å². The molecule has 0 atom stereocenters. The molecule has 2 heterocycles. The SMILES string of the molecule is CC1=C(C)N(c2ccc(-c3nc4ccccc4o3)c(O)c2)C(C)=C(C)N1C. The lowest BCUT2D eigenvalue weighted by molar-refractivity contribution is 0.473. The summed E-state index contributed by atoms with van der Waals surface area (Å²) < 4.78 is 5.80. The first-order chi connectivity index (χ1) is 12.9. The number of phenolic OH excluding ortho intramolecular Hbond substituents is 1. The van der Waals surface area contributed by atoms with Crippen LogP contribution < -0.4 is 4.90 Å². The van der Waals surface area contributed by atoms with E-state index in [2.05, 4.69) is 49.5 Å². The van der Waals surface area contributed by atoms with E-state index < -0.39 is 0 Å². The summed E-state index contributed by atoms with van der Waals surface area (Å²) in [7, 11) is 2.07. The highest BCUT2D eigenvalue weighted by Gasteiger charge is 2.24. The minimum absolute atomic E-state index is 0.147. The van der Waals surface area contributed by atoms with Gasteiger partial charge < -0.3 is 19.3 Å². The fraction of sp³-hybridized carbons (Fsp3) is 0.227. The van der Waals surface area contributed by atoms with Gasteiger partial charge >= 0.3 is 0 Å². The molecule has 0 unspecified atom stereocenters. The summed E-state index contributed by atoms with van der Waals surface area (Å²) in [6.07, 6.45) is 0. The second-order valence-corrected chi connectivity index (χ2v) is 6.92. The number of phenols is 1. The van der Waals surface area contributed by atoms with E-state index in [1.165, 1.54) is 11.4 Å². The first-order valence-corrected chi connectivity index (χ1v) is 8.96. The van der Waals surface area contributed by atoms with E-state index in [-0.39, 0.29) is 5.75 Å². The maximum atomic E-state index is 10.7. The van der Waals surface area contributed by atoms with Crippen LogP contribution >= 0.6 is 0 Å². The standard InChI is InChI=1S/C22H23N3O2/c1-13-15(3)25(16(4)14(2)24(13)5)17-10-11-18(20(26)12-17)22-23-19-8-6-7-9-21(19)27-22/h6-12,26H,1-5H3. The fourth-order valence-corrected chi connectivity index (χ4v) is 3.53. The van der Waals surface area contributed by atoms with Crippen LogP contribution in [0.5, 0.6) is 5.75 Å². The van der Waals surface area contributed by atoms with Gasteiger partial charge in [0.1, 0.15) is 11.3 Å². The minimum atomic E-state index is 0.147. The van der Waals surface area contributed by atoms with Crippen LogP contribution in [0.15, 0.2) is 69.7 Å². The second kappa shape index (κ2) is 6.20. The van der Waals surface area contributed by atoms with Gasteiger partial charge in [-0.3, -0.25) is 0 Å². The lowest BCUT2D eigenvalue weighted by Gasteiger charge is -2.38. The van der Waals surface area contributed by atoms with Gasteiger partial charge in [0.2, 0.25) is 5.89 Å². The van der Waals surface area contributed by atoms with Crippen molar-refractivity contribution in [2.75, 3.05) is 11.9 Å². The Labute approximate surface area is 158 Å². The maximum absolute atomic E-state index is 10.7. The number of aromatic nitrogens is 1. The van der Waals surface area contributed by atoms with Crippen molar-refractivity contribution in [2.24, 2.45) is 0 Å². The van der Waals surface area contributed by atoms with E-state index in [9.17, 15) is 5.11 Å². The summed E-state index contributed by atoms with van der Waals surface area (Å²) in [4.78, 5) is 8.84. The molecule has 0 aliphatic carbocycles. The highest BCUT2D eigenvalue weighted by atomic mass is 16.3. The van der Waals surface area contributed by atoms with Crippen LogP contribution in [-0.2, 0) is 0 Å². The van der Waals surface area contributed by atoms with Crippen molar-refractivity contribution in [2.45, 2.75) is 27.7 Å². The Kier molecular flexibility index (Phi) is 3.95. The van der Waals surface area contributed by atoms with Gasteiger partial charge in [0, 0.05) is 41.6 Å². The van der Waals surface area contributed by atoms with E-state index >= 15 is 0 Å². The van der Waals surface area contributed by atoms with Gasteiger partial charge in [-0.15, -0.1) is 0 Å². The molecule has 3 aromatic rings. The smallest absolute Gasteiger partial charge is 0.231 e. The number of fused-ring (bicyclic) bond motifs is 1. The Bertz CT molecular complexity index is 1050. The molecule has 4 rings (SSSR count). The molecule has 1 aliphatic heterocycles. The number of hydrogen-bond donors (Lipinski definition) is 1. The number of oxazole rings is 1. The molecular weight excluding hydrogens is 338 g/mol. The topological polar surface area (TPSA) is 52.7 Å². The molecule has 0 saturated heterocycles. The molecule has 0 fully saturated rings. The van der Waals surface area contributed by atoms with Gasteiger partial charge in [-0.05, 0) is 52.0 Å². The van der Waals surface area contributed by atoms with Gasteiger partial charge in [-0.1, -0.05) is 12.1 Å². The fourth-order valence-electron chi connectivity index (χ4n) is 3.53. The van der Waals surface area contributed by atoms with Crippen molar-refractivity contribution in [1.82, 2.24) is 9.88 Å². The molecule has 5 nitrogen and oxygen atoms in total. The molecule has 0 radical (unpaired) electrons. The lowest BCUT2D eigenvalue weighted by atomic mass is 10.1. The van der Waals surface area contributed by atoms with Crippen molar-refractivity contribution in [3.63, 3.8) is 0 Å². The zero-order valence-corrected chi connectivity index (χ0v) is 16.2. The third-order valence-corrected chi connectivity index (χ3v) is 5.49. The molecule has 0 saturated carbocycles. The Balaban J connectivity index is 1.78. The maximum Gasteiger partial charge on any atom is 0.231 e. The first kappa shape index (κ1) is 17.2. The molecule has 1 aromatic heterocycles. The summed E-state index contributed by atoms with van der Waals surface area (Å²) in [6, 6.07) is 13.2. The Morgan fingerprint density at radius 1 is 0.889 bits per heavy atom. The summed E-state index contributed by atoms with van der Waals surface area (Å²) >= 11 is 0. The first-order valence-electron chi connectivity index (χ1n) is 8.96. The molecular formula is C22H23N3O2. The summed E-state index contributed by atoms with van der Waals surface area (Å²) in [6.45, 7) is 8.39. The van der Waals surface area contributed by atoms with Gasteiger partial charge in [0.05, 0.1) is 5.56 Å². The predicted octanol–water partition coefficient (Wildman–Crippen LogP) is 5.46. The van der Waals surface area contributed by atoms with Crippen molar-refractivity contribution in [3.8, 4) is 17.2 Å². The number of rotatable bonds is 2.